The predicted octanol–water partition coefficient (Wildman–Crippen LogP) is 5.22. The Labute approximate surface area is 271 Å². The first-order chi connectivity index (χ1) is 21.6. The van der Waals surface area contributed by atoms with Crippen molar-refractivity contribution in [2.24, 2.45) is 17.8 Å². The van der Waals surface area contributed by atoms with Gasteiger partial charge in [-0.1, -0.05) is 32.9 Å². The number of esters is 2. The molecule has 4 atom stereocenters. The highest BCUT2D eigenvalue weighted by atomic mass is 32.1. The van der Waals surface area contributed by atoms with Crippen LogP contribution in [0.4, 0.5) is 13.2 Å². The number of aromatic nitrogens is 1. The zero-order valence-electron chi connectivity index (χ0n) is 26.9. The van der Waals surface area contributed by atoms with Crippen molar-refractivity contribution in [3.05, 3.63) is 51.5 Å². The van der Waals surface area contributed by atoms with Crippen LogP contribution in [0.2, 0.25) is 0 Å². The lowest BCUT2D eigenvalue weighted by Crippen LogP contribution is -2.44. The summed E-state index contributed by atoms with van der Waals surface area (Å²) >= 11 is 1.13. The number of halogens is 3. The van der Waals surface area contributed by atoms with Crippen LogP contribution < -0.4 is 5.32 Å². The van der Waals surface area contributed by atoms with Gasteiger partial charge in [-0.2, -0.15) is 13.2 Å². The summed E-state index contributed by atoms with van der Waals surface area (Å²) in [7, 11) is 2.98. The number of rotatable bonds is 15. The van der Waals surface area contributed by atoms with Gasteiger partial charge in [-0.15, -0.1) is 11.3 Å². The Morgan fingerprint density at radius 3 is 2.28 bits per heavy atom. The molecule has 0 aliphatic carbocycles. The second-order valence-corrected chi connectivity index (χ2v) is 12.9. The largest absolute Gasteiger partial charge is 0.469 e. The molecule has 2 heterocycles. The number of nitrogens with one attached hydrogen (secondary N) is 1. The van der Waals surface area contributed by atoms with Crippen molar-refractivity contribution in [1.29, 1.82) is 0 Å². The number of alkyl halides is 3. The second-order valence-electron chi connectivity index (χ2n) is 12.1. The average Bonchev–Trinajstić information content (AvgIpc) is 3.46. The summed E-state index contributed by atoms with van der Waals surface area (Å²) in [5.41, 5.74) is -0.205. The van der Waals surface area contributed by atoms with Gasteiger partial charge in [0.2, 0.25) is 5.91 Å². The Morgan fingerprint density at radius 1 is 1.11 bits per heavy atom. The van der Waals surface area contributed by atoms with E-state index in [4.69, 9.17) is 14.2 Å². The molecule has 0 bridgehead atoms. The van der Waals surface area contributed by atoms with Crippen molar-refractivity contribution in [2.75, 3.05) is 27.4 Å². The highest BCUT2D eigenvalue weighted by Gasteiger charge is 2.33. The number of carbonyl (C=O) groups excluding carboxylic acids is 4. The van der Waals surface area contributed by atoms with Gasteiger partial charge in [0.25, 0.3) is 5.91 Å². The van der Waals surface area contributed by atoms with E-state index in [1.54, 1.807) is 18.9 Å². The van der Waals surface area contributed by atoms with Crippen molar-refractivity contribution < 1.29 is 46.6 Å². The summed E-state index contributed by atoms with van der Waals surface area (Å²) in [5.74, 6) is -2.02. The van der Waals surface area contributed by atoms with E-state index in [1.807, 2.05) is 13.8 Å². The molecule has 2 amide bonds. The molecule has 0 spiro atoms. The summed E-state index contributed by atoms with van der Waals surface area (Å²) < 4.78 is 54.8. The molecule has 1 aromatic carbocycles. The number of carbonyl (C=O) groups is 4. The van der Waals surface area contributed by atoms with E-state index in [9.17, 15) is 32.3 Å². The maximum atomic E-state index is 13.4. The fraction of sp³-hybridized carbons (Fsp3) is 0.594. The monoisotopic (exact) mass is 669 g/mol. The van der Waals surface area contributed by atoms with Gasteiger partial charge < -0.3 is 24.4 Å². The molecule has 1 saturated heterocycles. The van der Waals surface area contributed by atoms with Crippen LogP contribution >= 0.6 is 11.3 Å². The van der Waals surface area contributed by atoms with Crippen molar-refractivity contribution in [2.45, 2.75) is 77.7 Å². The molecule has 1 aromatic heterocycles. The van der Waals surface area contributed by atoms with Crippen LogP contribution in [0, 0.1) is 17.8 Å². The van der Waals surface area contributed by atoms with Gasteiger partial charge in [-0.3, -0.25) is 19.2 Å². The number of hydrogen-bond acceptors (Lipinski definition) is 9. The summed E-state index contributed by atoms with van der Waals surface area (Å²) in [4.78, 5) is 56.7. The molecule has 1 aliphatic rings. The summed E-state index contributed by atoms with van der Waals surface area (Å²) in [6.07, 6.45) is -4.35. The molecular formula is C32H42F3N3O7S. The molecule has 1 aliphatic heterocycles. The number of thiazole rings is 1. The summed E-state index contributed by atoms with van der Waals surface area (Å²) in [6.45, 7) is 7.96. The van der Waals surface area contributed by atoms with Crippen LogP contribution in [0.1, 0.15) is 79.7 Å². The van der Waals surface area contributed by atoms with E-state index in [1.165, 1.54) is 31.5 Å². The maximum absolute atomic E-state index is 13.4. The van der Waals surface area contributed by atoms with Crippen molar-refractivity contribution in [3.8, 4) is 0 Å². The molecule has 3 unspecified atom stereocenters. The lowest BCUT2D eigenvalue weighted by atomic mass is 9.95. The van der Waals surface area contributed by atoms with Crippen molar-refractivity contribution in [1.82, 2.24) is 15.2 Å². The molecule has 2 aromatic rings. The van der Waals surface area contributed by atoms with E-state index < -0.39 is 47.6 Å². The molecule has 10 nitrogen and oxygen atoms in total. The molecule has 1 N–H and O–H groups in total. The fourth-order valence-corrected chi connectivity index (χ4v) is 6.14. The van der Waals surface area contributed by atoms with Crippen LogP contribution in [0.15, 0.2) is 29.6 Å². The quantitative estimate of drug-likeness (QED) is 0.256. The molecule has 46 heavy (non-hydrogen) atoms. The van der Waals surface area contributed by atoms with E-state index in [0.29, 0.717) is 30.2 Å². The van der Waals surface area contributed by atoms with Gasteiger partial charge in [0.15, 0.2) is 6.10 Å². The maximum Gasteiger partial charge on any atom is 0.416 e. The average molecular weight is 670 g/mol. The van der Waals surface area contributed by atoms with Crippen LogP contribution in [-0.2, 0) is 41.2 Å². The highest BCUT2D eigenvalue weighted by molar-refractivity contribution is 7.09. The van der Waals surface area contributed by atoms with Crippen molar-refractivity contribution in [3.63, 3.8) is 0 Å². The number of methoxy groups -OCH3 is 1. The van der Waals surface area contributed by atoms with Gasteiger partial charge in [0.1, 0.15) is 10.7 Å². The standard InChI is InChI=1S/C32H42F3N3O7S/c1-18(2)26(38(5)28(40)13-22-15-44-16-22)14-27(45-20(4)39)30-37-25(17-46-30)29(41)36-24(11-19(3)31(42)43-6)12-21-7-9-23(10-8-21)32(33,34)35/h7-10,17-19,22,24,26-27H,11-16H2,1-6H3,(H,36,41)/t19?,24-,26?,27?/m1/s1. The molecule has 1 fully saturated rings. The first-order valence-electron chi connectivity index (χ1n) is 15.1. The van der Waals surface area contributed by atoms with Gasteiger partial charge in [0, 0.05) is 50.2 Å². The minimum atomic E-state index is -4.48. The Balaban J connectivity index is 1.78. The Bertz CT molecular complexity index is 1350. The van der Waals surface area contributed by atoms with E-state index in [0.717, 1.165) is 23.5 Å². The zero-order valence-corrected chi connectivity index (χ0v) is 27.7. The Morgan fingerprint density at radius 2 is 1.76 bits per heavy atom. The van der Waals surface area contributed by atoms with Crippen LogP contribution in [0.5, 0.6) is 0 Å². The second kappa shape index (κ2) is 16.3. The summed E-state index contributed by atoms with van der Waals surface area (Å²) in [6, 6.07) is 3.68. The van der Waals surface area contributed by atoms with Gasteiger partial charge >= 0.3 is 18.1 Å². The smallest absolute Gasteiger partial charge is 0.416 e. The molecule has 254 valence electrons. The molecule has 0 radical (unpaired) electrons. The van der Waals surface area contributed by atoms with E-state index in [2.05, 4.69) is 10.3 Å². The lowest BCUT2D eigenvalue weighted by molar-refractivity contribution is -0.149. The van der Waals surface area contributed by atoms with Gasteiger partial charge in [-0.05, 0) is 36.5 Å². The Hall–Kier alpha value is -3.52. The fourth-order valence-electron chi connectivity index (χ4n) is 5.31. The number of amides is 2. The summed E-state index contributed by atoms with van der Waals surface area (Å²) in [5, 5.41) is 4.76. The first-order valence-corrected chi connectivity index (χ1v) is 16.0. The third kappa shape index (κ3) is 10.5. The molecule has 3 rings (SSSR count). The lowest BCUT2D eigenvalue weighted by Gasteiger charge is -2.35. The van der Waals surface area contributed by atoms with E-state index >= 15 is 0 Å². The van der Waals surface area contributed by atoms with Crippen LogP contribution in [0.25, 0.3) is 0 Å². The number of hydrogen-bond donors (Lipinski definition) is 1. The number of ether oxygens (including phenoxy) is 3. The Kier molecular flexibility index (Phi) is 13.1. The third-order valence-corrected chi connectivity index (χ3v) is 8.90. The van der Waals surface area contributed by atoms with Gasteiger partial charge in [-0.25, -0.2) is 4.98 Å². The third-order valence-electron chi connectivity index (χ3n) is 7.96. The highest BCUT2D eigenvalue weighted by Crippen LogP contribution is 2.32. The number of benzene rings is 1. The molecule has 14 heteroatoms. The molecule has 0 saturated carbocycles. The SMILES string of the molecule is COC(=O)C(C)C[C@H](Cc1ccc(C(F)(F)F)cc1)NC(=O)c1csc(C(CC(C(C)C)N(C)C(=O)CC2COC2)OC(C)=O)n1. The zero-order chi connectivity index (χ0) is 34.2. The van der Waals surface area contributed by atoms with E-state index in [-0.39, 0.29) is 48.7 Å². The van der Waals surface area contributed by atoms with Crippen LogP contribution in [0.3, 0.4) is 0 Å². The minimum absolute atomic E-state index is 0.0233. The normalized spacial score (nSPS) is 16.1. The first kappa shape index (κ1) is 36.9. The topological polar surface area (TPSA) is 124 Å². The van der Waals surface area contributed by atoms with Gasteiger partial charge in [0.05, 0.1) is 31.8 Å². The number of nitrogens with zero attached hydrogens (tertiary/aromatic N) is 2. The molecular weight excluding hydrogens is 627 g/mol. The van der Waals surface area contributed by atoms with Crippen molar-refractivity contribution >= 4 is 35.1 Å². The minimum Gasteiger partial charge on any atom is -0.469 e. The van der Waals surface area contributed by atoms with Crippen LogP contribution in [-0.4, -0.2) is 73.1 Å². The predicted molar refractivity (Wildman–Crippen MR) is 164 cm³/mol.